The normalized spacial score (nSPS) is 10.4. The third-order valence-corrected chi connectivity index (χ3v) is 4.92. The summed E-state index contributed by atoms with van der Waals surface area (Å²) < 4.78 is 13.1. The van der Waals surface area contributed by atoms with Crippen molar-refractivity contribution in [2.24, 2.45) is 7.05 Å². The van der Waals surface area contributed by atoms with Crippen LogP contribution < -0.4 is 4.74 Å². The maximum absolute atomic E-state index is 8.36. The summed E-state index contributed by atoms with van der Waals surface area (Å²) >= 11 is 0. The second-order valence-electron chi connectivity index (χ2n) is 7.04. The van der Waals surface area contributed by atoms with Crippen molar-refractivity contribution in [2.45, 2.75) is 13.0 Å². The number of hydrogen-bond acceptors (Lipinski definition) is 4. The minimum Gasteiger partial charge on any atom is -0.489 e. The predicted molar refractivity (Wildman–Crippen MR) is 121 cm³/mol. The smallest absolute Gasteiger partial charge is 0.290 e. The number of ether oxygens (including phenoxy) is 2. The summed E-state index contributed by atoms with van der Waals surface area (Å²) in [6, 6.07) is 20.9. The van der Waals surface area contributed by atoms with Crippen molar-refractivity contribution in [2.75, 3.05) is 13.7 Å². The lowest BCUT2D eigenvalue weighted by atomic mass is 10.1. The number of aryl methyl sites for hydroxylation is 1. The molecule has 31 heavy (non-hydrogen) atoms. The van der Waals surface area contributed by atoms with Crippen molar-refractivity contribution in [3.63, 3.8) is 0 Å². The summed E-state index contributed by atoms with van der Waals surface area (Å²) in [5.74, 6) is 0.879. The summed E-state index contributed by atoms with van der Waals surface area (Å²) in [4.78, 5) is 12.9. The van der Waals surface area contributed by atoms with Crippen molar-refractivity contribution < 1.29 is 19.4 Å². The summed E-state index contributed by atoms with van der Waals surface area (Å²) in [6.07, 6.45) is 4.88. The predicted octanol–water partition coefficient (Wildman–Crippen LogP) is 4.71. The van der Waals surface area contributed by atoms with Crippen LogP contribution in [0.15, 0.2) is 73.1 Å². The van der Waals surface area contributed by atoms with Gasteiger partial charge in [-0.25, -0.2) is 4.98 Å². The Morgan fingerprint density at radius 2 is 1.68 bits per heavy atom. The highest BCUT2D eigenvalue weighted by molar-refractivity contribution is 5.81. The standard InChI is InChI=1S/C24H24N2O2.CH2O2/c1-26-13-11-21-15-22(16-25-24(21)26)20-7-3-19(4-8-20)17-28-23-9-5-18(6-10-23)12-14-27-2;2-1-3/h3-11,13,15-16H,12,14,17H2,1-2H3;1H,(H,2,3). The van der Waals surface area contributed by atoms with Crippen LogP contribution in [0.4, 0.5) is 0 Å². The minimum atomic E-state index is -0.250. The second kappa shape index (κ2) is 10.9. The zero-order chi connectivity index (χ0) is 22.1. The largest absolute Gasteiger partial charge is 0.489 e. The molecule has 0 atom stereocenters. The molecular weight excluding hydrogens is 392 g/mol. The molecule has 0 bridgehead atoms. The fourth-order valence-electron chi connectivity index (χ4n) is 3.24. The number of nitrogens with zero attached hydrogens (tertiary/aromatic N) is 2. The number of pyridine rings is 1. The van der Waals surface area contributed by atoms with E-state index in [0.29, 0.717) is 6.61 Å². The van der Waals surface area contributed by atoms with Gasteiger partial charge in [-0.3, -0.25) is 4.79 Å². The van der Waals surface area contributed by atoms with Crippen LogP contribution in [-0.4, -0.2) is 34.8 Å². The number of benzene rings is 2. The Bertz CT molecular complexity index is 1100. The summed E-state index contributed by atoms with van der Waals surface area (Å²) in [6.45, 7) is 1.03. The molecule has 0 saturated carbocycles. The Balaban J connectivity index is 0.000000858. The Morgan fingerprint density at radius 3 is 2.35 bits per heavy atom. The number of hydrogen-bond donors (Lipinski definition) is 1. The van der Waals surface area contributed by atoms with Crippen LogP contribution >= 0.6 is 0 Å². The minimum absolute atomic E-state index is 0.250. The Hall–Kier alpha value is -3.64. The molecule has 0 aliphatic heterocycles. The van der Waals surface area contributed by atoms with Gasteiger partial charge in [-0.1, -0.05) is 36.4 Å². The van der Waals surface area contributed by atoms with E-state index in [0.717, 1.165) is 46.5 Å². The number of carboxylic acid groups (broad SMARTS) is 1. The fourth-order valence-corrected chi connectivity index (χ4v) is 3.24. The Labute approximate surface area is 181 Å². The molecular formula is C25H26N2O4. The number of aromatic nitrogens is 2. The van der Waals surface area contributed by atoms with Crippen LogP contribution in [0.3, 0.4) is 0 Å². The third-order valence-electron chi connectivity index (χ3n) is 4.92. The van der Waals surface area contributed by atoms with Gasteiger partial charge in [-0.05, 0) is 47.4 Å². The molecule has 4 aromatic rings. The van der Waals surface area contributed by atoms with Crippen molar-refractivity contribution in [3.8, 4) is 16.9 Å². The van der Waals surface area contributed by atoms with Crippen LogP contribution in [0, 0.1) is 0 Å². The quantitative estimate of drug-likeness (QED) is 0.440. The molecule has 0 unspecified atom stereocenters. The molecule has 6 nitrogen and oxygen atoms in total. The van der Waals surface area contributed by atoms with Crippen LogP contribution in [0.1, 0.15) is 11.1 Å². The maximum atomic E-state index is 8.36. The molecule has 0 saturated heterocycles. The average molecular weight is 418 g/mol. The van der Waals surface area contributed by atoms with Gasteiger partial charge in [0, 0.05) is 37.5 Å². The van der Waals surface area contributed by atoms with Crippen molar-refractivity contribution in [3.05, 3.63) is 84.2 Å². The lowest BCUT2D eigenvalue weighted by Gasteiger charge is -2.09. The molecule has 1 N–H and O–H groups in total. The fraction of sp³-hybridized carbons (Fsp3) is 0.200. The van der Waals surface area contributed by atoms with Gasteiger partial charge in [-0.15, -0.1) is 0 Å². The highest BCUT2D eigenvalue weighted by atomic mass is 16.5. The molecule has 160 valence electrons. The van der Waals surface area contributed by atoms with E-state index >= 15 is 0 Å². The first-order chi connectivity index (χ1) is 15.1. The Kier molecular flexibility index (Phi) is 7.79. The summed E-state index contributed by atoms with van der Waals surface area (Å²) in [5.41, 5.74) is 5.67. The first kappa shape index (κ1) is 22.1. The van der Waals surface area contributed by atoms with E-state index in [9.17, 15) is 0 Å². The molecule has 2 aromatic carbocycles. The van der Waals surface area contributed by atoms with Gasteiger partial charge in [0.25, 0.3) is 6.47 Å². The highest BCUT2D eigenvalue weighted by Crippen LogP contribution is 2.24. The van der Waals surface area contributed by atoms with Gasteiger partial charge in [0.1, 0.15) is 18.0 Å². The lowest BCUT2D eigenvalue weighted by molar-refractivity contribution is -0.122. The second-order valence-corrected chi connectivity index (χ2v) is 7.04. The number of carbonyl (C=O) groups is 1. The van der Waals surface area contributed by atoms with Gasteiger partial charge in [0.2, 0.25) is 0 Å². The van der Waals surface area contributed by atoms with Crippen LogP contribution in [0.5, 0.6) is 5.75 Å². The third kappa shape index (κ3) is 5.93. The summed E-state index contributed by atoms with van der Waals surface area (Å²) in [5, 5.41) is 8.04. The zero-order valence-corrected chi connectivity index (χ0v) is 17.7. The van der Waals surface area contributed by atoms with E-state index < -0.39 is 0 Å². The Morgan fingerprint density at radius 1 is 1.00 bits per heavy atom. The topological polar surface area (TPSA) is 73.6 Å². The molecule has 0 amide bonds. The van der Waals surface area contributed by atoms with Crippen molar-refractivity contribution >= 4 is 17.5 Å². The molecule has 6 heteroatoms. The van der Waals surface area contributed by atoms with E-state index in [1.165, 1.54) is 5.56 Å². The average Bonchev–Trinajstić information content (AvgIpc) is 3.18. The van der Waals surface area contributed by atoms with Gasteiger partial charge in [0.05, 0.1) is 6.61 Å². The van der Waals surface area contributed by atoms with E-state index in [1.54, 1.807) is 7.11 Å². The molecule has 2 aromatic heterocycles. The first-order valence-corrected chi connectivity index (χ1v) is 9.93. The number of methoxy groups -OCH3 is 1. The van der Waals surface area contributed by atoms with E-state index in [1.807, 2.05) is 36.1 Å². The molecule has 0 aliphatic carbocycles. The lowest BCUT2D eigenvalue weighted by Crippen LogP contribution is -1.97. The van der Waals surface area contributed by atoms with Crippen LogP contribution in [0.25, 0.3) is 22.2 Å². The highest BCUT2D eigenvalue weighted by Gasteiger charge is 2.04. The van der Waals surface area contributed by atoms with Gasteiger partial charge in [-0.2, -0.15) is 0 Å². The van der Waals surface area contributed by atoms with Gasteiger partial charge >= 0.3 is 0 Å². The van der Waals surface area contributed by atoms with E-state index in [4.69, 9.17) is 19.4 Å². The SMILES string of the molecule is COCCc1ccc(OCc2ccc(-c3cnc4c(ccn4C)c3)cc2)cc1.O=CO. The number of fused-ring (bicyclic) bond motifs is 1. The molecule has 4 rings (SSSR count). The zero-order valence-electron chi connectivity index (χ0n) is 17.7. The molecule has 2 heterocycles. The van der Waals surface area contributed by atoms with Gasteiger partial charge < -0.3 is 19.1 Å². The van der Waals surface area contributed by atoms with Crippen LogP contribution in [-0.2, 0) is 29.6 Å². The molecule has 0 fully saturated rings. The number of rotatable bonds is 7. The van der Waals surface area contributed by atoms with Gasteiger partial charge in [0.15, 0.2) is 0 Å². The van der Waals surface area contributed by atoms with E-state index in [2.05, 4.69) is 53.5 Å². The molecule has 0 spiro atoms. The summed E-state index contributed by atoms with van der Waals surface area (Å²) in [7, 11) is 3.73. The monoisotopic (exact) mass is 418 g/mol. The first-order valence-electron chi connectivity index (χ1n) is 9.93. The van der Waals surface area contributed by atoms with Crippen molar-refractivity contribution in [1.82, 2.24) is 9.55 Å². The van der Waals surface area contributed by atoms with Crippen molar-refractivity contribution in [1.29, 1.82) is 0 Å². The van der Waals surface area contributed by atoms with Crippen LogP contribution in [0.2, 0.25) is 0 Å². The van der Waals surface area contributed by atoms with E-state index in [-0.39, 0.29) is 6.47 Å². The maximum Gasteiger partial charge on any atom is 0.290 e. The molecule has 0 aliphatic rings. The molecule has 0 radical (unpaired) electrons.